The van der Waals surface area contributed by atoms with Crippen LogP contribution in [-0.4, -0.2) is 11.0 Å². The molecule has 1 unspecified atom stereocenters. The maximum atomic E-state index is 12.5. The molecule has 1 fully saturated rings. The van der Waals surface area contributed by atoms with E-state index in [9.17, 15) is 8.78 Å². The number of benzene rings is 1. The van der Waals surface area contributed by atoms with E-state index in [1.165, 1.54) is 12.1 Å². The van der Waals surface area contributed by atoms with Gasteiger partial charge in [-0.25, -0.2) is 8.78 Å². The Morgan fingerprint density at radius 2 is 1.75 bits per heavy atom. The van der Waals surface area contributed by atoms with Crippen molar-refractivity contribution in [3.8, 4) is 5.75 Å². The number of phenolic OH excluding ortho intramolecular Hbond substituents is 1. The standard InChI is InChI=1S/C9H8F2O/c10-9(11)5-8(9)6-1-3-7(12)4-2-6/h1-4,8,12H,5H2. The minimum atomic E-state index is -2.52. The SMILES string of the molecule is Oc1ccc(C2CC2(F)F)cc1. The Morgan fingerprint density at radius 3 is 2.17 bits per heavy atom. The van der Waals surface area contributed by atoms with Crippen LogP contribution < -0.4 is 0 Å². The monoisotopic (exact) mass is 170 g/mol. The van der Waals surface area contributed by atoms with E-state index in [4.69, 9.17) is 5.11 Å². The quantitative estimate of drug-likeness (QED) is 0.686. The molecule has 0 bridgehead atoms. The Balaban J connectivity index is 2.21. The maximum absolute atomic E-state index is 12.5. The van der Waals surface area contributed by atoms with Gasteiger partial charge >= 0.3 is 0 Å². The topological polar surface area (TPSA) is 20.2 Å². The number of aromatic hydroxyl groups is 1. The van der Waals surface area contributed by atoms with Gasteiger partial charge in [-0.2, -0.15) is 0 Å². The van der Waals surface area contributed by atoms with Gasteiger partial charge in [-0.1, -0.05) is 12.1 Å². The first kappa shape index (κ1) is 7.53. The maximum Gasteiger partial charge on any atom is 0.255 e. The first-order chi connectivity index (χ1) is 5.59. The van der Waals surface area contributed by atoms with Crippen molar-refractivity contribution in [1.82, 2.24) is 0 Å². The highest BCUT2D eigenvalue weighted by Crippen LogP contribution is 2.55. The number of halogens is 2. The van der Waals surface area contributed by atoms with Crippen molar-refractivity contribution >= 4 is 0 Å². The molecule has 2 rings (SSSR count). The summed E-state index contributed by atoms with van der Waals surface area (Å²) in [5.74, 6) is -3.03. The third-order valence-corrected chi connectivity index (χ3v) is 2.12. The molecule has 1 aliphatic carbocycles. The lowest BCUT2D eigenvalue weighted by Crippen LogP contribution is -1.91. The molecule has 1 saturated carbocycles. The van der Waals surface area contributed by atoms with Crippen LogP contribution in [-0.2, 0) is 0 Å². The number of phenols is 1. The molecule has 1 aromatic carbocycles. The number of hydrogen-bond acceptors (Lipinski definition) is 1. The molecule has 1 aromatic rings. The average molecular weight is 170 g/mol. The van der Waals surface area contributed by atoms with Crippen molar-refractivity contribution in [3.05, 3.63) is 29.8 Å². The normalized spacial score (nSPS) is 25.3. The fraction of sp³-hybridized carbons (Fsp3) is 0.333. The van der Waals surface area contributed by atoms with Crippen molar-refractivity contribution in [2.75, 3.05) is 0 Å². The van der Waals surface area contributed by atoms with Crippen LogP contribution in [0, 0.1) is 0 Å². The number of rotatable bonds is 1. The summed E-state index contributed by atoms with van der Waals surface area (Å²) >= 11 is 0. The van der Waals surface area contributed by atoms with Crippen molar-refractivity contribution in [2.24, 2.45) is 0 Å². The second-order valence-electron chi connectivity index (χ2n) is 3.11. The molecular formula is C9H8F2O. The second-order valence-corrected chi connectivity index (χ2v) is 3.11. The summed E-state index contributed by atoms with van der Waals surface area (Å²) in [6.45, 7) is 0. The van der Waals surface area contributed by atoms with Crippen LogP contribution in [0.4, 0.5) is 8.78 Å². The Hall–Kier alpha value is -1.12. The van der Waals surface area contributed by atoms with Gasteiger partial charge in [0.05, 0.1) is 5.92 Å². The van der Waals surface area contributed by atoms with E-state index in [1.54, 1.807) is 12.1 Å². The highest BCUT2D eigenvalue weighted by molar-refractivity contribution is 5.33. The van der Waals surface area contributed by atoms with Gasteiger partial charge in [0.2, 0.25) is 0 Å². The third-order valence-electron chi connectivity index (χ3n) is 2.12. The largest absolute Gasteiger partial charge is 0.508 e. The first-order valence-electron chi connectivity index (χ1n) is 3.76. The predicted molar refractivity (Wildman–Crippen MR) is 40.4 cm³/mol. The lowest BCUT2D eigenvalue weighted by Gasteiger charge is -1.98. The molecule has 64 valence electrons. The molecule has 1 atom stereocenters. The fourth-order valence-corrected chi connectivity index (χ4v) is 1.28. The summed E-state index contributed by atoms with van der Waals surface area (Å²) in [6.07, 6.45) is -0.0578. The molecule has 0 amide bonds. The van der Waals surface area contributed by atoms with Crippen molar-refractivity contribution in [2.45, 2.75) is 18.3 Å². The minimum absolute atomic E-state index is 0.0578. The minimum Gasteiger partial charge on any atom is -0.508 e. The molecule has 0 aliphatic heterocycles. The number of alkyl halides is 2. The van der Waals surface area contributed by atoms with Crippen LogP contribution in [0.5, 0.6) is 5.75 Å². The second kappa shape index (κ2) is 2.19. The van der Waals surface area contributed by atoms with Gasteiger partial charge in [0.25, 0.3) is 5.92 Å². The van der Waals surface area contributed by atoms with Crippen LogP contribution >= 0.6 is 0 Å². The van der Waals surface area contributed by atoms with E-state index in [-0.39, 0.29) is 12.2 Å². The molecule has 0 aromatic heterocycles. The number of hydrogen-bond donors (Lipinski definition) is 1. The third kappa shape index (κ3) is 1.15. The Kier molecular flexibility index (Phi) is 1.37. The summed E-state index contributed by atoms with van der Waals surface area (Å²) in [5.41, 5.74) is 0.609. The van der Waals surface area contributed by atoms with Crippen LogP contribution in [0.3, 0.4) is 0 Å². The lowest BCUT2D eigenvalue weighted by atomic mass is 10.1. The fourth-order valence-electron chi connectivity index (χ4n) is 1.28. The molecule has 0 saturated heterocycles. The van der Waals surface area contributed by atoms with Crippen LogP contribution in [0.1, 0.15) is 17.9 Å². The molecule has 1 nitrogen and oxygen atoms in total. The van der Waals surface area contributed by atoms with Gasteiger partial charge in [0.15, 0.2) is 0 Å². The molecule has 0 heterocycles. The first-order valence-corrected chi connectivity index (χ1v) is 3.76. The summed E-state index contributed by atoms with van der Waals surface area (Å²) in [4.78, 5) is 0. The zero-order chi connectivity index (χ0) is 8.77. The summed E-state index contributed by atoms with van der Waals surface area (Å²) in [5, 5.41) is 8.90. The Labute approximate surface area is 68.6 Å². The molecule has 12 heavy (non-hydrogen) atoms. The summed E-state index contributed by atoms with van der Waals surface area (Å²) in [7, 11) is 0. The molecule has 0 radical (unpaired) electrons. The molecule has 0 spiro atoms. The zero-order valence-corrected chi connectivity index (χ0v) is 6.30. The van der Waals surface area contributed by atoms with Crippen LogP contribution in [0.25, 0.3) is 0 Å². The van der Waals surface area contributed by atoms with E-state index >= 15 is 0 Å². The van der Waals surface area contributed by atoms with Crippen molar-refractivity contribution in [1.29, 1.82) is 0 Å². The van der Waals surface area contributed by atoms with Gasteiger partial charge in [-0.15, -0.1) is 0 Å². The van der Waals surface area contributed by atoms with E-state index < -0.39 is 11.8 Å². The molecular weight excluding hydrogens is 162 g/mol. The van der Waals surface area contributed by atoms with Gasteiger partial charge in [0, 0.05) is 6.42 Å². The van der Waals surface area contributed by atoms with Gasteiger partial charge < -0.3 is 5.11 Å². The summed E-state index contributed by atoms with van der Waals surface area (Å²) < 4.78 is 25.0. The van der Waals surface area contributed by atoms with Gasteiger partial charge in [0.1, 0.15) is 5.75 Å². The Bertz CT molecular complexity index is 292. The predicted octanol–water partition coefficient (Wildman–Crippen LogP) is 2.51. The van der Waals surface area contributed by atoms with Crippen LogP contribution in [0.15, 0.2) is 24.3 Å². The smallest absolute Gasteiger partial charge is 0.255 e. The summed E-state index contributed by atoms with van der Waals surface area (Å²) in [6, 6.07) is 5.95. The van der Waals surface area contributed by atoms with E-state index in [1.807, 2.05) is 0 Å². The van der Waals surface area contributed by atoms with E-state index in [0.717, 1.165) is 0 Å². The van der Waals surface area contributed by atoms with E-state index in [0.29, 0.717) is 5.56 Å². The van der Waals surface area contributed by atoms with Crippen LogP contribution in [0.2, 0.25) is 0 Å². The highest BCUT2D eigenvalue weighted by atomic mass is 19.3. The zero-order valence-electron chi connectivity index (χ0n) is 6.30. The van der Waals surface area contributed by atoms with Crippen molar-refractivity contribution < 1.29 is 13.9 Å². The van der Waals surface area contributed by atoms with Crippen molar-refractivity contribution in [3.63, 3.8) is 0 Å². The van der Waals surface area contributed by atoms with Gasteiger partial charge in [-0.05, 0) is 17.7 Å². The highest BCUT2D eigenvalue weighted by Gasteiger charge is 2.57. The Morgan fingerprint density at radius 1 is 1.25 bits per heavy atom. The van der Waals surface area contributed by atoms with E-state index in [2.05, 4.69) is 0 Å². The molecule has 1 aliphatic rings. The molecule has 1 N–H and O–H groups in total. The lowest BCUT2D eigenvalue weighted by molar-refractivity contribution is 0.112. The van der Waals surface area contributed by atoms with Gasteiger partial charge in [-0.3, -0.25) is 0 Å². The molecule has 3 heteroatoms. The average Bonchev–Trinajstić information content (AvgIpc) is 2.61.